The second-order valence-electron chi connectivity index (χ2n) is 13.9. The third-order valence-electron chi connectivity index (χ3n) is 10.1. The van der Waals surface area contributed by atoms with Crippen molar-refractivity contribution < 1.29 is 42.3 Å². The third kappa shape index (κ3) is 4.93. The molecule has 2 atom stereocenters. The topological polar surface area (TPSA) is 0 Å². The first-order chi connectivity index (χ1) is 18.5. The first-order valence-corrected chi connectivity index (χ1v) is 28.8. The molecule has 0 radical (unpaired) electrons. The van der Waals surface area contributed by atoms with Gasteiger partial charge in [-0.15, -0.1) is 0 Å². The number of hydrogen-bond donors (Lipinski definition) is 0. The molecule has 41 heavy (non-hydrogen) atoms. The molecular weight excluding hydrogens is 651 g/mol. The zero-order chi connectivity index (χ0) is 28.0. The van der Waals surface area contributed by atoms with Gasteiger partial charge in [0, 0.05) is 0 Å². The number of fused-ring (bicyclic) bond motifs is 2. The van der Waals surface area contributed by atoms with E-state index in [4.69, 9.17) is 0 Å². The molecule has 216 valence electrons. The second kappa shape index (κ2) is 12.0. The minimum Gasteiger partial charge on any atom is -1.00 e. The molecule has 0 aromatic heterocycles. The molecule has 2 unspecified atom stereocenters. The van der Waals surface area contributed by atoms with Gasteiger partial charge in [0.2, 0.25) is 0 Å². The van der Waals surface area contributed by atoms with E-state index in [0.29, 0.717) is 30.9 Å². The molecule has 0 saturated carbocycles. The molecule has 0 nitrogen and oxygen atoms in total. The van der Waals surface area contributed by atoms with Gasteiger partial charge >= 0.3 is 243 Å². The van der Waals surface area contributed by atoms with Crippen molar-refractivity contribution in [2.75, 3.05) is 0 Å². The molecule has 6 rings (SSSR count). The van der Waals surface area contributed by atoms with Crippen molar-refractivity contribution >= 4 is 23.0 Å². The van der Waals surface area contributed by atoms with Gasteiger partial charge < -0.3 is 24.8 Å². The van der Waals surface area contributed by atoms with Crippen LogP contribution >= 0.6 is 0 Å². The average molecular weight is 697 g/mol. The van der Waals surface area contributed by atoms with Crippen molar-refractivity contribution in [3.8, 4) is 0 Å². The molecule has 2 bridgehead atoms. The largest absolute Gasteiger partial charge is 1.00 e. The van der Waals surface area contributed by atoms with Crippen LogP contribution in [-0.4, -0.2) is 10.9 Å². The fourth-order valence-corrected chi connectivity index (χ4v) is 71.1. The number of halogens is 2. The van der Waals surface area contributed by atoms with Gasteiger partial charge in [0.05, 0.1) is 0 Å². The van der Waals surface area contributed by atoms with E-state index in [0.717, 1.165) is 0 Å². The molecule has 0 saturated heterocycles. The van der Waals surface area contributed by atoms with Crippen molar-refractivity contribution in [3.63, 3.8) is 0 Å². The number of rotatable bonds is 6. The maximum Gasteiger partial charge on any atom is -1.00 e. The van der Waals surface area contributed by atoms with Crippen LogP contribution in [0.25, 0.3) is 12.2 Å². The molecule has 2 aromatic rings. The zero-order valence-corrected chi connectivity index (χ0v) is 32.5. The molecule has 0 fully saturated rings. The summed E-state index contributed by atoms with van der Waals surface area (Å²) in [5.41, 5.74) is 26.3. The summed E-state index contributed by atoms with van der Waals surface area (Å²) in [5, 5.41) is 0. The SMILES string of the molecule is CC1=Cc2c(C(C)C)cc(C(C)C)cc2[CH]1[Zr+2]1([CH]2C(C)=Cc3c(C(C)C)cc(C(C)C)cc32)=[Si]2C=C[Si]=1C=C2.[Cl-].[Cl-]. The van der Waals surface area contributed by atoms with Crippen molar-refractivity contribution in [3.05, 3.63) is 103 Å². The van der Waals surface area contributed by atoms with Crippen molar-refractivity contribution in [2.24, 2.45) is 0 Å². The van der Waals surface area contributed by atoms with E-state index >= 15 is 0 Å². The van der Waals surface area contributed by atoms with Gasteiger partial charge in [0.25, 0.3) is 0 Å². The molecule has 2 heterocycles. The second-order valence-corrected chi connectivity index (χ2v) is 45.5. The summed E-state index contributed by atoms with van der Waals surface area (Å²) in [6.07, 6.45) is 5.30. The molecule has 5 heteroatoms. The zero-order valence-electron chi connectivity index (χ0n) is 26.5. The fourth-order valence-electron chi connectivity index (χ4n) is 8.22. The van der Waals surface area contributed by atoms with E-state index < -0.39 is 28.4 Å². The minimum absolute atomic E-state index is 0. The quantitative estimate of drug-likeness (QED) is 0.397. The van der Waals surface area contributed by atoms with Gasteiger partial charge in [-0.1, -0.05) is 0 Å². The van der Waals surface area contributed by atoms with Crippen LogP contribution in [0.5, 0.6) is 0 Å². The van der Waals surface area contributed by atoms with Gasteiger partial charge in [0.1, 0.15) is 0 Å². The Hall–Kier alpha value is -0.703. The van der Waals surface area contributed by atoms with Crippen LogP contribution in [0.3, 0.4) is 0 Å². The summed E-state index contributed by atoms with van der Waals surface area (Å²) in [4.78, 5) is 0. The number of benzene rings is 2. The van der Waals surface area contributed by atoms with Gasteiger partial charge in [-0.3, -0.25) is 0 Å². The van der Waals surface area contributed by atoms with E-state index in [1.807, 2.05) is 0 Å². The summed E-state index contributed by atoms with van der Waals surface area (Å²) in [6.45, 7) is 24.2. The normalized spacial score (nSPS) is 19.6. The monoisotopic (exact) mass is 694 g/mol. The Morgan fingerprint density at radius 3 is 1.17 bits per heavy atom. The summed E-state index contributed by atoms with van der Waals surface area (Å²) >= 11 is -2.98. The Bertz CT molecular complexity index is 1530. The Morgan fingerprint density at radius 2 is 0.878 bits per heavy atom. The van der Waals surface area contributed by atoms with Gasteiger partial charge in [-0.05, 0) is 0 Å². The molecule has 2 aliphatic heterocycles. The molecule has 0 spiro atoms. The molecule has 0 amide bonds. The van der Waals surface area contributed by atoms with Crippen molar-refractivity contribution in [1.82, 2.24) is 0 Å². The molecular formula is C36H46Cl2Si2Zr. The Kier molecular flexibility index (Phi) is 9.72. The van der Waals surface area contributed by atoms with E-state index in [9.17, 15) is 0 Å². The van der Waals surface area contributed by atoms with E-state index in [-0.39, 0.29) is 24.8 Å². The number of allylic oxidation sites excluding steroid dienone is 2. The van der Waals surface area contributed by atoms with Gasteiger partial charge in [0.15, 0.2) is 0 Å². The van der Waals surface area contributed by atoms with Crippen LogP contribution in [0.15, 0.2) is 58.2 Å². The minimum atomic E-state index is -2.98. The standard InChI is InChI=1S/2C16H21.C4H4Si2.2ClH.Zr/c2*1-10(2)13-8-14-6-12(5)7-16(14)15(9-13)11(3)4;1-2-6-4-3-5-1;;;/h2*6-11H,1-5H3;1-4H;2*1H;/q;;;;;+2/p-2. The van der Waals surface area contributed by atoms with Crippen LogP contribution in [0.4, 0.5) is 0 Å². The van der Waals surface area contributed by atoms with E-state index in [2.05, 4.69) is 128 Å². The van der Waals surface area contributed by atoms with Crippen LogP contribution in [0, 0.1) is 0 Å². The number of hydrogen-bond acceptors (Lipinski definition) is 0. The van der Waals surface area contributed by atoms with Crippen molar-refractivity contribution in [1.29, 1.82) is 0 Å². The van der Waals surface area contributed by atoms with Crippen LogP contribution in [-0.2, 0) is 17.5 Å². The first-order valence-electron chi connectivity index (χ1n) is 15.3. The third-order valence-corrected chi connectivity index (χ3v) is 59.1. The Balaban J connectivity index is 0.00000194. The van der Waals surface area contributed by atoms with Crippen LogP contribution < -0.4 is 24.8 Å². The Morgan fingerprint density at radius 1 is 0.537 bits per heavy atom. The summed E-state index contributed by atoms with van der Waals surface area (Å²) in [7, 11) is 0. The maximum absolute atomic E-state index is 2.98. The van der Waals surface area contributed by atoms with Crippen LogP contribution in [0.2, 0.25) is 0 Å². The summed E-state index contributed by atoms with van der Waals surface area (Å²) < 4.78 is 1.42. The van der Waals surface area contributed by atoms with Gasteiger partial charge in [-0.25, -0.2) is 0 Å². The molecule has 2 aromatic carbocycles. The van der Waals surface area contributed by atoms with Gasteiger partial charge in [-0.2, -0.15) is 0 Å². The predicted octanol–water partition coefficient (Wildman–Crippen LogP) is 4.24. The molecule has 2 aliphatic carbocycles. The van der Waals surface area contributed by atoms with Crippen LogP contribution in [0.1, 0.15) is 145 Å². The smallest absolute Gasteiger partial charge is 1.00 e. The summed E-state index contributed by atoms with van der Waals surface area (Å²) in [5.74, 6) is 2.25. The van der Waals surface area contributed by atoms with Crippen molar-refractivity contribution in [2.45, 2.75) is 100 Å². The maximum atomic E-state index is 2.79. The van der Waals surface area contributed by atoms with E-state index in [1.165, 1.54) is 0 Å². The molecule has 0 N–H and O–H groups in total. The first kappa shape index (κ1) is 33.2. The molecule has 4 aliphatic rings. The average Bonchev–Trinajstić information content (AvgIpc) is 3.59. The van der Waals surface area contributed by atoms with E-state index in [1.54, 1.807) is 55.7 Å². The predicted molar refractivity (Wildman–Crippen MR) is 172 cm³/mol. The fraction of sp³-hybridized carbons (Fsp3) is 0.444. The Labute approximate surface area is 266 Å². The summed E-state index contributed by atoms with van der Waals surface area (Å²) in [6, 6.07) is 10.5.